The Morgan fingerprint density at radius 1 is 0.818 bits per heavy atom. The number of hydrogen-bond donors (Lipinski definition) is 0. The van der Waals surface area contributed by atoms with Gasteiger partial charge in [-0.05, 0) is 18.2 Å². The number of nitrogens with zero attached hydrogens (tertiary/aromatic N) is 4. The minimum atomic E-state index is 0.148. The number of thioether (sulfide) groups is 1. The number of benzene rings is 2. The third-order valence-electron chi connectivity index (χ3n) is 4.96. The van der Waals surface area contributed by atoms with Gasteiger partial charge in [-0.15, -0.1) is 10.2 Å². The van der Waals surface area contributed by atoms with E-state index >= 15 is 0 Å². The zero-order valence-electron chi connectivity index (χ0n) is 18.9. The average molecular weight is 473 g/mol. The normalized spacial score (nSPS) is 12.5. The molecule has 0 bridgehead atoms. The van der Waals surface area contributed by atoms with E-state index in [1.807, 2.05) is 18.2 Å². The van der Waals surface area contributed by atoms with E-state index in [1.165, 1.54) is 0 Å². The van der Waals surface area contributed by atoms with Crippen molar-refractivity contribution in [2.24, 2.45) is 5.10 Å². The number of hydrogen-bond acceptors (Lipinski definition) is 10. The molecule has 174 valence electrons. The molecular formula is C22H24N4O6S. The van der Waals surface area contributed by atoms with Crippen molar-refractivity contribution in [2.75, 3.05) is 41.3 Å². The zero-order valence-corrected chi connectivity index (χ0v) is 19.8. The summed E-state index contributed by atoms with van der Waals surface area (Å²) >= 11 is 1.55. The van der Waals surface area contributed by atoms with E-state index in [1.54, 1.807) is 64.1 Å². The second-order valence-corrected chi connectivity index (χ2v) is 7.71. The van der Waals surface area contributed by atoms with Crippen molar-refractivity contribution >= 4 is 17.5 Å². The highest BCUT2D eigenvalue weighted by Crippen LogP contribution is 2.41. The van der Waals surface area contributed by atoms with Gasteiger partial charge in [-0.1, -0.05) is 11.8 Å². The lowest BCUT2D eigenvalue weighted by atomic mass is 10.1. The minimum absolute atomic E-state index is 0.148. The lowest BCUT2D eigenvalue weighted by Crippen LogP contribution is -2.15. The highest BCUT2D eigenvalue weighted by molar-refractivity contribution is 7.99. The largest absolute Gasteiger partial charge is 0.493 e. The number of aromatic nitrogens is 3. The van der Waals surface area contributed by atoms with Gasteiger partial charge in [0.2, 0.25) is 10.9 Å². The van der Waals surface area contributed by atoms with Crippen molar-refractivity contribution in [3.05, 3.63) is 41.7 Å². The summed E-state index contributed by atoms with van der Waals surface area (Å²) in [7, 11) is 7.87. The monoisotopic (exact) mass is 472 g/mol. The van der Waals surface area contributed by atoms with Crippen molar-refractivity contribution in [3.8, 4) is 34.5 Å². The Morgan fingerprint density at radius 2 is 1.52 bits per heavy atom. The van der Waals surface area contributed by atoms with Gasteiger partial charge in [-0.25, -0.2) is 0 Å². The van der Waals surface area contributed by atoms with Gasteiger partial charge < -0.3 is 28.4 Å². The topological polar surface area (TPSA) is 98.5 Å². The first-order valence-electron chi connectivity index (χ1n) is 9.92. The molecule has 2 heterocycles. The second-order valence-electron chi connectivity index (χ2n) is 6.77. The molecule has 0 saturated carbocycles. The maximum atomic E-state index is 5.95. The van der Waals surface area contributed by atoms with Crippen molar-refractivity contribution < 1.29 is 28.4 Å². The first-order chi connectivity index (χ1) is 16.1. The van der Waals surface area contributed by atoms with Crippen LogP contribution in [0.4, 0.5) is 0 Å². The second kappa shape index (κ2) is 9.90. The van der Waals surface area contributed by atoms with Crippen LogP contribution < -0.4 is 28.4 Å². The molecule has 11 heteroatoms. The Hall–Kier alpha value is -3.60. The molecule has 4 rings (SSSR count). The standard InChI is InChI=1S/C22H24N4O6S/c1-27-16-7-6-13(8-17(16)28-2)15-12-33-22-24-23-20(26(22)25-15)11-32-14-9-18(29-3)21(31-5)19(10-14)30-4/h6-10H,11-12H2,1-5H3. The minimum Gasteiger partial charge on any atom is -0.493 e. The SMILES string of the molecule is COc1ccc(C2=Nn3c(COc4cc(OC)c(OC)c(OC)c4)nnc3SC2)cc1OC. The summed E-state index contributed by atoms with van der Waals surface area (Å²) in [5.41, 5.74) is 1.79. The summed E-state index contributed by atoms with van der Waals surface area (Å²) in [5.74, 6) is 4.55. The van der Waals surface area contributed by atoms with Crippen LogP contribution in [0.2, 0.25) is 0 Å². The maximum Gasteiger partial charge on any atom is 0.212 e. The van der Waals surface area contributed by atoms with E-state index in [2.05, 4.69) is 10.2 Å². The Labute approximate surface area is 195 Å². The van der Waals surface area contributed by atoms with Gasteiger partial charge in [0.25, 0.3) is 0 Å². The first kappa shape index (κ1) is 22.6. The summed E-state index contributed by atoms with van der Waals surface area (Å²) in [6, 6.07) is 9.16. The highest BCUT2D eigenvalue weighted by atomic mass is 32.2. The van der Waals surface area contributed by atoms with E-state index in [0.29, 0.717) is 51.2 Å². The van der Waals surface area contributed by atoms with Crippen LogP contribution in [0.5, 0.6) is 34.5 Å². The van der Waals surface area contributed by atoms with Crippen LogP contribution in [-0.2, 0) is 6.61 Å². The van der Waals surface area contributed by atoms with Crippen LogP contribution in [0.25, 0.3) is 0 Å². The number of ether oxygens (including phenoxy) is 6. The molecule has 0 fully saturated rings. The van der Waals surface area contributed by atoms with Crippen LogP contribution in [0.1, 0.15) is 11.4 Å². The van der Waals surface area contributed by atoms with Gasteiger partial charge in [0.15, 0.2) is 28.8 Å². The van der Waals surface area contributed by atoms with E-state index in [4.69, 9.17) is 33.5 Å². The van der Waals surface area contributed by atoms with Crippen LogP contribution in [0.15, 0.2) is 40.6 Å². The average Bonchev–Trinajstić information content (AvgIpc) is 3.28. The van der Waals surface area contributed by atoms with Crippen molar-refractivity contribution in [2.45, 2.75) is 11.8 Å². The molecule has 0 aliphatic carbocycles. The fourth-order valence-electron chi connectivity index (χ4n) is 3.30. The molecule has 0 N–H and O–H groups in total. The summed E-state index contributed by atoms with van der Waals surface area (Å²) in [6.07, 6.45) is 0. The smallest absolute Gasteiger partial charge is 0.212 e. The molecule has 1 aromatic heterocycles. The molecule has 0 unspecified atom stereocenters. The third-order valence-corrected chi connectivity index (χ3v) is 5.89. The number of rotatable bonds is 9. The van der Waals surface area contributed by atoms with Crippen LogP contribution in [0.3, 0.4) is 0 Å². The van der Waals surface area contributed by atoms with Gasteiger partial charge in [0.1, 0.15) is 12.4 Å². The van der Waals surface area contributed by atoms with Crippen LogP contribution in [-0.4, -0.2) is 61.9 Å². The predicted molar refractivity (Wildman–Crippen MR) is 123 cm³/mol. The van der Waals surface area contributed by atoms with Crippen molar-refractivity contribution in [1.82, 2.24) is 14.9 Å². The fraction of sp³-hybridized carbons (Fsp3) is 0.318. The lowest BCUT2D eigenvalue weighted by molar-refractivity contribution is 0.279. The summed E-state index contributed by atoms with van der Waals surface area (Å²) in [6.45, 7) is 0.148. The van der Waals surface area contributed by atoms with E-state index in [0.717, 1.165) is 11.3 Å². The molecule has 2 aromatic carbocycles. The molecule has 33 heavy (non-hydrogen) atoms. The molecule has 3 aromatic rings. The molecule has 0 amide bonds. The lowest BCUT2D eigenvalue weighted by Gasteiger charge is -2.16. The molecule has 1 aliphatic heterocycles. The van der Waals surface area contributed by atoms with E-state index in [9.17, 15) is 0 Å². The Bertz CT molecular complexity index is 1150. The van der Waals surface area contributed by atoms with Gasteiger partial charge in [-0.3, -0.25) is 0 Å². The third kappa shape index (κ3) is 4.49. The van der Waals surface area contributed by atoms with Gasteiger partial charge in [0.05, 0.1) is 41.3 Å². The van der Waals surface area contributed by atoms with Gasteiger partial charge >= 0.3 is 0 Å². The van der Waals surface area contributed by atoms with Crippen LogP contribution >= 0.6 is 11.8 Å². The fourth-order valence-corrected chi connectivity index (χ4v) is 4.16. The van der Waals surface area contributed by atoms with Crippen molar-refractivity contribution in [1.29, 1.82) is 0 Å². The quantitative estimate of drug-likeness (QED) is 0.465. The first-order valence-corrected chi connectivity index (χ1v) is 10.9. The number of methoxy groups -OCH3 is 5. The molecule has 0 saturated heterocycles. The van der Waals surface area contributed by atoms with E-state index in [-0.39, 0.29) is 6.61 Å². The highest BCUT2D eigenvalue weighted by Gasteiger charge is 2.22. The van der Waals surface area contributed by atoms with Gasteiger partial charge in [0, 0.05) is 23.4 Å². The zero-order chi connectivity index (χ0) is 23.4. The predicted octanol–water partition coefficient (Wildman–Crippen LogP) is 3.26. The Morgan fingerprint density at radius 3 is 2.15 bits per heavy atom. The summed E-state index contributed by atoms with van der Waals surface area (Å²) < 4.78 is 34.5. The van der Waals surface area contributed by atoms with Crippen LogP contribution in [0, 0.1) is 0 Å². The molecule has 0 radical (unpaired) electrons. The maximum absolute atomic E-state index is 5.95. The molecule has 0 spiro atoms. The summed E-state index contributed by atoms with van der Waals surface area (Å²) in [4.78, 5) is 0. The number of fused-ring (bicyclic) bond motifs is 1. The Balaban J connectivity index is 1.58. The molecular weight excluding hydrogens is 448 g/mol. The van der Waals surface area contributed by atoms with Gasteiger partial charge in [-0.2, -0.15) is 9.78 Å². The van der Waals surface area contributed by atoms with E-state index < -0.39 is 0 Å². The molecule has 0 atom stereocenters. The van der Waals surface area contributed by atoms with Crippen molar-refractivity contribution in [3.63, 3.8) is 0 Å². The summed E-state index contributed by atoms with van der Waals surface area (Å²) in [5, 5.41) is 13.9. The molecule has 1 aliphatic rings. The molecule has 10 nitrogen and oxygen atoms in total. The Kier molecular flexibility index (Phi) is 6.78.